The highest BCUT2D eigenvalue weighted by atomic mass is 35.5. The van der Waals surface area contributed by atoms with Gasteiger partial charge in [0.1, 0.15) is 6.54 Å². The highest BCUT2D eigenvalue weighted by Crippen LogP contribution is 2.28. The number of para-hydroxylation sites is 1. The molecular formula is C20H22Cl2N2O2. The lowest BCUT2D eigenvalue weighted by Gasteiger charge is -2.22. The average molecular weight is 393 g/mol. The predicted molar refractivity (Wildman–Crippen MR) is 108 cm³/mol. The first-order valence-corrected chi connectivity index (χ1v) is 9.08. The summed E-state index contributed by atoms with van der Waals surface area (Å²) in [6, 6.07) is 10.7. The lowest BCUT2D eigenvalue weighted by Crippen LogP contribution is -2.37. The van der Waals surface area contributed by atoms with Crippen molar-refractivity contribution in [2.75, 3.05) is 16.8 Å². The minimum absolute atomic E-state index is 0.127. The van der Waals surface area contributed by atoms with E-state index < -0.39 is 0 Å². The Morgan fingerprint density at radius 2 is 1.73 bits per heavy atom. The molecule has 0 atom stereocenters. The molecule has 0 saturated carbocycles. The first-order valence-electron chi connectivity index (χ1n) is 8.32. The predicted octanol–water partition coefficient (Wildman–Crippen LogP) is 5.42. The van der Waals surface area contributed by atoms with E-state index in [1.807, 2.05) is 25.1 Å². The number of rotatable bonds is 5. The number of benzene rings is 2. The summed E-state index contributed by atoms with van der Waals surface area (Å²) in [4.78, 5) is 26.0. The molecule has 6 heteroatoms. The lowest BCUT2D eigenvalue weighted by molar-refractivity contribution is -0.120. The number of amides is 2. The van der Waals surface area contributed by atoms with E-state index in [4.69, 9.17) is 23.2 Å². The Morgan fingerprint density at radius 3 is 2.27 bits per heavy atom. The highest BCUT2D eigenvalue weighted by Gasteiger charge is 2.19. The number of hydrogen-bond donors (Lipinski definition) is 1. The summed E-state index contributed by atoms with van der Waals surface area (Å²) < 4.78 is 0. The molecule has 0 aliphatic heterocycles. The fourth-order valence-corrected chi connectivity index (χ4v) is 3.26. The molecule has 0 radical (unpaired) electrons. The molecule has 2 aromatic rings. The smallest absolute Gasteiger partial charge is 0.244 e. The molecule has 2 aromatic carbocycles. The largest absolute Gasteiger partial charge is 0.324 e. The van der Waals surface area contributed by atoms with Crippen LogP contribution in [-0.4, -0.2) is 18.4 Å². The molecule has 4 nitrogen and oxygen atoms in total. The van der Waals surface area contributed by atoms with Crippen LogP contribution >= 0.6 is 23.2 Å². The Morgan fingerprint density at radius 1 is 1.12 bits per heavy atom. The van der Waals surface area contributed by atoms with E-state index in [1.165, 1.54) is 11.8 Å². The Balaban J connectivity index is 2.26. The van der Waals surface area contributed by atoms with E-state index in [0.717, 1.165) is 16.8 Å². The number of halogens is 2. The quantitative estimate of drug-likeness (QED) is 0.738. The molecular weight excluding hydrogens is 371 g/mol. The SMILES string of the molecule is CC(=O)N(CC(=O)Nc1c(C)cccc1C(C)C)c1cc(Cl)cc(Cl)c1. The summed E-state index contributed by atoms with van der Waals surface area (Å²) in [5.74, 6) is -0.291. The van der Waals surface area contributed by atoms with Crippen LogP contribution in [0.25, 0.3) is 0 Å². The third-order valence-electron chi connectivity index (χ3n) is 4.03. The van der Waals surface area contributed by atoms with Crippen LogP contribution in [0.1, 0.15) is 37.8 Å². The number of carbonyl (C=O) groups is 2. The third-order valence-corrected chi connectivity index (χ3v) is 4.47. The van der Waals surface area contributed by atoms with Gasteiger partial charge < -0.3 is 10.2 Å². The summed E-state index contributed by atoms with van der Waals surface area (Å²) in [5, 5.41) is 3.75. The van der Waals surface area contributed by atoms with Crippen LogP contribution in [0.3, 0.4) is 0 Å². The summed E-state index contributed by atoms with van der Waals surface area (Å²) in [6.45, 7) is 7.36. The second-order valence-corrected chi connectivity index (χ2v) is 7.35. The molecule has 0 unspecified atom stereocenters. The maximum absolute atomic E-state index is 12.6. The van der Waals surface area contributed by atoms with Crippen molar-refractivity contribution in [2.45, 2.75) is 33.6 Å². The maximum atomic E-state index is 12.6. The molecule has 0 aliphatic carbocycles. The van der Waals surface area contributed by atoms with Crippen LogP contribution in [0.15, 0.2) is 36.4 Å². The summed E-state index contributed by atoms with van der Waals surface area (Å²) >= 11 is 12.0. The van der Waals surface area contributed by atoms with Gasteiger partial charge in [0.15, 0.2) is 0 Å². The van der Waals surface area contributed by atoms with Gasteiger partial charge >= 0.3 is 0 Å². The molecule has 0 fully saturated rings. The molecule has 0 aliphatic rings. The summed E-state index contributed by atoms with van der Waals surface area (Å²) in [5.41, 5.74) is 3.31. The second-order valence-electron chi connectivity index (χ2n) is 6.47. The van der Waals surface area contributed by atoms with E-state index in [1.54, 1.807) is 18.2 Å². The summed E-state index contributed by atoms with van der Waals surface area (Å²) in [7, 11) is 0. The molecule has 2 amide bonds. The third kappa shape index (κ3) is 4.99. The Hall–Kier alpha value is -2.04. The van der Waals surface area contributed by atoms with Crippen LogP contribution in [0.4, 0.5) is 11.4 Å². The van der Waals surface area contributed by atoms with Gasteiger partial charge in [0.05, 0.1) is 0 Å². The van der Waals surface area contributed by atoms with E-state index in [-0.39, 0.29) is 24.3 Å². The molecule has 26 heavy (non-hydrogen) atoms. The average Bonchev–Trinajstić information content (AvgIpc) is 2.53. The van der Waals surface area contributed by atoms with Crippen molar-refractivity contribution in [3.63, 3.8) is 0 Å². The van der Waals surface area contributed by atoms with Crippen molar-refractivity contribution in [2.24, 2.45) is 0 Å². The van der Waals surface area contributed by atoms with Crippen LogP contribution in [-0.2, 0) is 9.59 Å². The zero-order valence-electron chi connectivity index (χ0n) is 15.3. The fraction of sp³-hybridized carbons (Fsp3) is 0.300. The molecule has 0 bridgehead atoms. The van der Waals surface area contributed by atoms with Gasteiger partial charge in [-0.2, -0.15) is 0 Å². The Labute approximate surface area is 164 Å². The minimum Gasteiger partial charge on any atom is -0.324 e. The minimum atomic E-state index is -0.285. The molecule has 0 heterocycles. The van der Waals surface area contributed by atoms with Gasteiger partial charge in [-0.05, 0) is 42.2 Å². The number of aryl methyl sites for hydroxylation is 1. The van der Waals surface area contributed by atoms with Gasteiger partial charge in [-0.25, -0.2) is 0 Å². The van der Waals surface area contributed by atoms with E-state index in [2.05, 4.69) is 19.2 Å². The number of carbonyl (C=O) groups excluding carboxylic acids is 2. The molecule has 0 aromatic heterocycles. The molecule has 0 spiro atoms. The van der Waals surface area contributed by atoms with Crippen molar-refractivity contribution in [1.29, 1.82) is 0 Å². The number of hydrogen-bond acceptors (Lipinski definition) is 2. The normalized spacial score (nSPS) is 10.7. The Kier molecular flexibility index (Phi) is 6.68. The van der Waals surface area contributed by atoms with Crippen molar-refractivity contribution in [3.05, 3.63) is 57.6 Å². The summed E-state index contributed by atoms with van der Waals surface area (Å²) in [6.07, 6.45) is 0. The van der Waals surface area contributed by atoms with Crippen molar-refractivity contribution < 1.29 is 9.59 Å². The van der Waals surface area contributed by atoms with E-state index in [0.29, 0.717) is 15.7 Å². The number of anilines is 2. The molecule has 138 valence electrons. The second kappa shape index (κ2) is 8.56. The van der Waals surface area contributed by atoms with Gasteiger partial charge in [-0.15, -0.1) is 0 Å². The fourth-order valence-electron chi connectivity index (χ4n) is 2.74. The van der Waals surface area contributed by atoms with E-state index >= 15 is 0 Å². The first kappa shape index (κ1) is 20.3. The van der Waals surface area contributed by atoms with Gasteiger partial charge in [-0.3, -0.25) is 9.59 Å². The molecule has 0 saturated heterocycles. The highest BCUT2D eigenvalue weighted by molar-refractivity contribution is 6.35. The maximum Gasteiger partial charge on any atom is 0.244 e. The van der Waals surface area contributed by atoms with Crippen molar-refractivity contribution in [1.82, 2.24) is 0 Å². The van der Waals surface area contributed by atoms with Gasteiger partial charge in [0.25, 0.3) is 0 Å². The topological polar surface area (TPSA) is 49.4 Å². The van der Waals surface area contributed by atoms with Crippen LogP contribution in [0.5, 0.6) is 0 Å². The van der Waals surface area contributed by atoms with Crippen LogP contribution in [0.2, 0.25) is 10.0 Å². The van der Waals surface area contributed by atoms with E-state index in [9.17, 15) is 9.59 Å². The van der Waals surface area contributed by atoms with Crippen molar-refractivity contribution in [3.8, 4) is 0 Å². The molecule has 1 N–H and O–H groups in total. The zero-order valence-corrected chi connectivity index (χ0v) is 16.8. The molecule has 2 rings (SSSR count). The Bertz CT molecular complexity index is 814. The lowest BCUT2D eigenvalue weighted by atomic mass is 9.98. The van der Waals surface area contributed by atoms with Crippen molar-refractivity contribution >= 4 is 46.4 Å². The first-order chi connectivity index (χ1) is 12.2. The van der Waals surface area contributed by atoms with Crippen LogP contribution in [0, 0.1) is 6.92 Å². The number of nitrogens with one attached hydrogen (secondary N) is 1. The zero-order chi connectivity index (χ0) is 19.4. The van der Waals surface area contributed by atoms with Gasteiger partial charge in [0.2, 0.25) is 11.8 Å². The monoisotopic (exact) mass is 392 g/mol. The van der Waals surface area contributed by atoms with Gasteiger partial charge in [0, 0.05) is 28.3 Å². The standard InChI is InChI=1S/C20H22Cl2N2O2/c1-12(2)18-7-5-6-13(3)20(18)23-19(26)11-24(14(4)25)17-9-15(21)8-16(22)10-17/h5-10,12H,11H2,1-4H3,(H,23,26). The number of nitrogens with zero attached hydrogens (tertiary/aromatic N) is 1. The van der Waals surface area contributed by atoms with Crippen LogP contribution < -0.4 is 10.2 Å². The van der Waals surface area contributed by atoms with Gasteiger partial charge in [-0.1, -0.05) is 55.2 Å².